The van der Waals surface area contributed by atoms with Crippen molar-refractivity contribution < 1.29 is 14.5 Å². The van der Waals surface area contributed by atoms with Gasteiger partial charge >= 0.3 is 0 Å². The van der Waals surface area contributed by atoms with E-state index in [1.165, 1.54) is 24.3 Å². The third-order valence-electron chi connectivity index (χ3n) is 5.96. The molecule has 4 rings (SSSR count). The van der Waals surface area contributed by atoms with Crippen molar-refractivity contribution in [3.05, 3.63) is 81.0 Å². The quantitative estimate of drug-likeness (QED) is 0.366. The number of nitrogens with one attached hydrogen (secondary N) is 2. The number of hydrogen-bond donors (Lipinski definition) is 2. The number of nitro benzene ring substituents is 1. The normalized spacial score (nSPS) is 20.0. The monoisotopic (exact) mass is 477 g/mol. The van der Waals surface area contributed by atoms with Crippen LogP contribution in [0.25, 0.3) is 0 Å². The lowest BCUT2D eigenvalue weighted by molar-refractivity contribution is -0.384. The number of ether oxygens (including phenoxy) is 1. The average molecular weight is 478 g/mol. The van der Waals surface area contributed by atoms with Gasteiger partial charge in [-0.15, -0.1) is 0 Å². The molecule has 2 N–H and O–H groups in total. The number of allylic oxidation sites excluding steroid dienone is 1. The number of anilines is 1. The lowest BCUT2D eigenvalue weighted by Gasteiger charge is -2.38. The molecule has 0 aliphatic carbocycles. The van der Waals surface area contributed by atoms with Gasteiger partial charge in [0, 0.05) is 30.1 Å². The highest BCUT2D eigenvalue weighted by Gasteiger charge is 2.35. The molecule has 0 spiro atoms. The summed E-state index contributed by atoms with van der Waals surface area (Å²) in [6.45, 7) is 3.10. The van der Waals surface area contributed by atoms with Crippen LogP contribution in [0.2, 0.25) is 0 Å². The van der Waals surface area contributed by atoms with Gasteiger partial charge in [0.25, 0.3) is 11.6 Å². The largest absolute Gasteiger partial charge is 0.376 e. The summed E-state index contributed by atoms with van der Waals surface area (Å²) in [6.07, 6.45) is 1.94. The number of amides is 1. The van der Waals surface area contributed by atoms with E-state index in [0.717, 1.165) is 18.4 Å². The lowest BCUT2D eigenvalue weighted by atomic mass is 9.93. The van der Waals surface area contributed by atoms with Crippen LogP contribution in [0.3, 0.4) is 0 Å². The van der Waals surface area contributed by atoms with Crippen LogP contribution in [0, 0.1) is 21.4 Å². The van der Waals surface area contributed by atoms with Gasteiger partial charge in [-0.3, -0.25) is 14.9 Å². The van der Waals surface area contributed by atoms with Crippen molar-refractivity contribution in [2.75, 3.05) is 18.5 Å². The Kier molecular flexibility index (Phi) is 6.86. The summed E-state index contributed by atoms with van der Waals surface area (Å²) >= 11 is 5.65. The van der Waals surface area contributed by atoms with E-state index >= 15 is 0 Å². The maximum Gasteiger partial charge on any atom is 0.269 e. The maximum absolute atomic E-state index is 13.5. The van der Waals surface area contributed by atoms with E-state index in [1.54, 1.807) is 24.3 Å². The first-order valence-corrected chi connectivity index (χ1v) is 11.2. The van der Waals surface area contributed by atoms with Gasteiger partial charge in [-0.25, -0.2) is 0 Å². The van der Waals surface area contributed by atoms with E-state index in [2.05, 4.69) is 16.7 Å². The van der Waals surface area contributed by atoms with E-state index in [9.17, 15) is 14.9 Å². The van der Waals surface area contributed by atoms with Crippen LogP contribution in [0.4, 0.5) is 11.4 Å². The first kappa shape index (κ1) is 23.4. The highest BCUT2D eigenvalue weighted by molar-refractivity contribution is 7.80. The summed E-state index contributed by atoms with van der Waals surface area (Å²) in [7, 11) is 0. The number of nitriles is 1. The van der Waals surface area contributed by atoms with E-state index in [0.29, 0.717) is 40.8 Å². The Balaban J connectivity index is 1.68. The van der Waals surface area contributed by atoms with Crippen molar-refractivity contribution in [1.29, 1.82) is 5.26 Å². The molecular formula is C24H23N5O4S. The first-order valence-electron chi connectivity index (χ1n) is 10.8. The van der Waals surface area contributed by atoms with E-state index in [4.69, 9.17) is 22.2 Å². The minimum Gasteiger partial charge on any atom is -0.376 e. The van der Waals surface area contributed by atoms with E-state index in [1.807, 2.05) is 11.8 Å². The number of benzene rings is 2. The van der Waals surface area contributed by atoms with Crippen molar-refractivity contribution >= 4 is 34.6 Å². The fraction of sp³-hybridized carbons (Fsp3) is 0.292. The Labute approximate surface area is 202 Å². The molecule has 2 aromatic carbocycles. The second-order valence-electron chi connectivity index (χ2n) is 8.12. The number of non-ortho nitro benzene ring substituents is 1. The fourth-order valence-electron chi connectivity index (χ4n) is 4.15. The first-order chi connectivity index (χ1) is 16.4. The van der Waals surface area contributed by atoms with Crippen LogP contribution in [0.1, 0.15) is 36.9 Å². The molecule has 9 nitrogen and oxygen atoms in total. The summed E-state index contributed by atoms with van der Waals surface area (Å²) in [5.74, 6) is -0.354. The molecule has 34 heavy (non-hydrogen) atoms. The van der Waals surface area contributed by atoms with Crippen LogP contribution in [0.5, 0.6) is 0 Å². The van der Waals surface area contributed by atoms with Gasteiger partial charge in [0.05, 0.1) is 40.8 Å². The van der Waals surface area contributed by atoms with E-state index < -0.39 is 11.0 Å². The van der Waals surface area contributed by atoms with Gasteiger partial charge in [-0.2, -0.15) is 5.26 Å². The minimum absolute atomic E-state index is 0.0279. The number of hydrogen-bond acceptors (Lipinski definition) is 6. The number of nitro groups is 1. The third-order valence-corrected chi connectivity index (χ3v) is 6.30. The average Bonchev–Trinajstić information content (AvgIpc) is 3.35. The van der Waals surface area contributed by atoms with Crippen molar-refractivity contribution in [2.45, 2.75) is 31.9 Å². The molecule has 0 unspecified atom stereocenters. The Morgan fingerprint density at radius 3 is 2.59 bits per heavy atom. The zero-order chi connectivity index (χ0) is 24.2. The van der Waals surface area contributed by atoms with Gasteiger partial charge in [0.2, 0.25) is 0 Å². The zero-order valence-electron chi connectivity index (χ0n) is 18.5. The molecule has 0 radical (unpaired) electrons. The van der Waals surface area contributed by atoms with Crippen LogP contribution in [0.15, 0.2) is 59.8 Å². The molecule has 2 aliphatic rings. The molecule has 1 amide bonds. The van der Waals surface area contributed by atoms with Crippen LogP contribution in [-0.2, 0) is 9.53 Å². The fourth-order valence-corrected chi connectivity index (χ4v) is 4.48. The highest BCUT2D eigenvalue weighted by atomic mass is 32.1. The van der Waals surface area contributed by atoms with Crippen molar-refractivity contribution in [2.24, 2.45) is 0 Å². The number of rotatable bonds is 6. The lowest BCUT2D eigenvalue weighted by Crippen LogP contribution is -2.50. The molecule has 174 valence electrons. The summed E-state index contributed by atoms with van der Waals surface area (Å²) in [6, 6.07) is 14.2. The Hall–Kier alpha value is -3.81. The minimum atomic E-state index is -0.529. The van der Waals surface area contributed by atoms with Crippen molar-refractivity contribution in [3.63, 3.8) is 0 Å². The van der Waals surface area contributed by atoms with Crippen LogP contribution in [-0.4, -0.2) is 40.1 Å². The predicted molar refractivity (Wildman–Crippen MR) is 130 cm³/mol. The highest BCUT2D eigenvalue weighted by Crippen LogP contribution is 2.32. The van der Waals surface area contributed by atoms with Crippen LogP contribution >= 0.6 is 12.2 Å². The molecule has 2 heterocycles. The molecule has 0 bridgehead atoms. The third kappa shape index (κ3) is 4.90. The number of carbonyl (C=O) groups excluding carboxylic acids is 1. The Bertz CT molecular complexity index is 1180. The molecule has 2 atom stereocenters. The van der Waals surface area contributed by atoms with Gasteiger partial charge in [-0.05, 0) is 61.8 Å². The second-order valence-corrected chi connectivity index (χ2v) is 8.51. The standard InChI is InChI=1S/C24H23N5O4S/c1-15-21(23(30)26-18-8-10-19(11-9-18)29(31)32)22(17-6-4-16(13-25)5-7-17)27-24(34)28(15)14-20-3-2-12-33-20/h4-11,20,22H,2-3,12,14H2,1H3,(H,26,30)(H,27,34)/t20-,22+/m1/s1. The molecular weight excluding hydrogens is 454 g/mol. The van der Waals surface area contributed by atoms with Gasteiger partial charge in [-0.1, -0.05) is 12.1 Å². The number of nitrogens with zero attached hydrogens (tertiary/aromatic N) is 3. The Morgan fingerprint density at radius 2 is 2.00 bits per heavy atom. The summed E-state index contributed by atoms with van der Waals surface area (Å²) in [4.78, 5) is 25.8. The molecule has 10 heteroatoms. The van der Waals surface area contributed by atoms with E-state index in [-0.39, 0.29) is 17.7 Å². The number of thiocarbonyl (C=S) groups is 1. The number of carbonyl (C=O) groups is 1. The van der Waals surface area contributed by atoms with Crippen LogP contribution < -0.4 is 10.6 Å². The van der Waals surface area contributed by atoms with Crippen molar-refractivity contribution in [1.82, 2.24) is 10.2 Å². The SMILES string of the molecule is CC1=C(C(=O)Nc2ccc([N+](=O)[O-])cc2)[C@H](c2ccc(C#N)cc2)NC(=S)N1C[C@H]1CCCO1. The molecule has 0 aromatic heterocycles. The van der Waals surface area contributed by atoms with Gasteiger partial charge < -0.3 is 20.3 Å². The predicted octanol–water partition coefficient (Wildman–Crippen LogP) is 3.79. The zero-order valence-corrected chi connectivity index (χ0v) is 19.3. The summed E-state index contributed by atoms with van der Waals surface area (Å²) < 4.78 is 5.77. The Morgan fingerprint density at radius 1 is 1.29 bits per heavy atom. The van der Waals surface area contributed by atoms with Gasteiger partial charge in [0.15, 0.2) is 5.11 Å². The molecule has 0 saturated carbocycles. The molecule has 1 fully saturated rings. The summed E-state index contributed by atoms with van der Waals surface area (Å²) in [5, 5.41) is 26.7. The van der Waals surface area contributed by atoms with Gasteiger partial charge in [0.1, 0.15) is 0 Å². The molecule has 2 aliphatic heterocycles. The summed E-state index contributed by atoms with van der Waals surface area (Å²) in [5.41, 5.74) is 2.85. The van der Waals surface area contributed by atoms with Crippen molar-refractivity contribution in [3.8, 4) is 6.07 Å². The smallest absolute Gasteiger partial charge is 0.269 e. The topological polar surface area (TPSA) is 121 Å². The second kappa shape index (κ2) is 9.99. The molecule has 1 saturated heterocycles. The molecule has 2 aromatic rings. The maximum atomic E-state index is 13.5.